The molecule has 10 heteroatoms. The van der Waals surface area contributed by atoms with Crippen LogP contribution in [0.25, 0.3) is 10.4 Å². The zero-order valence-electron chi connectivity index (χ0n) is 11.6. The number of hydrogen-bond donors (Lipinski definition) is 3. The number of amides is 1. The lowest BCUT2D eigenvalue weighted by Gasteiger charge is -2.34. The quantitative estimate of drug-likeness (QED) is 0.249. The molecule has 1 heterocycles. The van der Waals surface area contributed by atoms with E-state index < -0.39 is 20.5 Å². The summed E-state index contributed by atoms with van der Waals surface area (Å²) in [5.74, 6) is -0.937. The highest BCUT2D eigenvalue weighted by atomic mass is 32.2. The first-order chi connectivity index (χ1) is 10.5. The Morgan fingerprint density at radius 3 is 2.41 bits per heavy atom. The van der Waals surface area contributed by atoms with Crippen LogP contribution in [0.3, 0.4) is 0 Å². The number of piperidine rings is 1. The molecule has 22 heavy (non-hydrogen) atoms. The van der Waals surface area contributed by atoms with Crippen molar-refractivity contribution in [3.05, 3.63) is 34.7 Å². The Morgan fingerprint density at radius 1 is 1.32 bits per heavy atom. The first-order valence-electron chi connectivity index (χ1n) is 6.53. The highest BCUT2D eigenvalue weighted by Crippen LogP contribution is 2.34. The van der Waals surface area contributed by atoms with Gasteiger partial charge in [0.15, 0.2) is 14.6 Å². The van der Waals surface area contributed by atoms with Crippen molar-refractivity contribution in [1.29, 1.82) is 0 Å². The minimum absolute atomic E-state index is 0.0554. The van der Waals surface area contributed by atoms with Gasteiger partial charge in [0.2, 0.25) is 0 Å². The number of benzene rings is 1. The molecule has 1 aromatic carbocycles. The maximum Gasteiger partial charge on any atom is 0.265 e. The van der Waals surface area contributed by atoms with Gasteiger partial charge in [-0.25, -0.2) is 13.9 Å². The van der Waals surface area contributed by atoms with Crippen molar-refractivity contribution < 1.29 is 18.4 Å². The lowest BCUT2D eigenvalue weighted by molar-refractivity contribution is -0.132. The van der Waals surface area contributed by atoms with Gasteiger partial charge >= 0.3 is 0 Å². The number of nitrogens with zero attached hydrogens (tertiary/aromatic N) is 3. The van der Waals surface area contributed by atoms with Crippen LogP contribution in [0.5, 0.6) is 0 Å². The van der Waals surface area contributed by atoms with Crippen molar-refractivity contribution >= 4 is 21.4 Å². The molecule has 1 aromatic rings. The van der Waals surface area contributed by atoms with Crippen LogP contribution >= 0.6 is 0 Å². The first kappa shape index (κ1) is 16.2. The number of rotatable bonds is 4. The number of carbonyl (C=O) groups excluding carboxylic acids is 1. The van der Waals surface area contributed by atoms with Crippen molar-refractivity contribution in [2.45, 2.75) is 22.5 Å². The van der Waals surface area contributed by atoms with Crippen LogP contribution in [0, 0.1) is 0 Å². The Labute approximate surface area is 126 Å². The topological polar surface area (TPSA) is 144 Å². The number of azide groups is 1. The molecule has 0 aliphatic carbocycles. The van der Waals surface area contributed by atoms with Gasteiger partial charge in [-0.15, -0.1) is 0 Å². The summed E-state index contributed by atoms with van der Waals surface area (Å²) in [7, 11) is -4.01. The average molecular weight is 325 g/mol. The predicted octanol–water partition coefficient (Wildman–Crippen LogP) is 1.03. The zero-order valence-corrected chi connectivity index (χ0v) is 12.4. The molecule has 0 atom stereocenters. The minimum atomic E-state index is -4.01. The fourth-order valence-electron chi connectivity index (χ4n) is 2.52. The third-order valence-electron chi connectivity index (χ3n) is 3.75. The summed E-state index contributed by atoms with van der Waals surface area (Å²) in [4.78, 5) is 14.6. The summed E-state index contributed by atoms with van der Waals surface area (Å²) < 4.78 is 24.0. The third-order valence-corrected chi connectivity index (χ3v) is 6.26. The van der Waals surface area contributed by atoms with Gasteiger partial charge in [0.1, 0.15) is 0 Å². The molecule has 1 fully saturated rings. The van der Waals surface area contributed by atoms with E-state index in [1.165, 1.54) is 29.7 Å². The molecule has 0 saturated carbocycles. The zero-order chi connectivity index (χ0) is 16.2. The van der Waals surface area contributed by atoms with Gasteiger partial charge in [0.25, 0.3) is 5.91 Å². The van der Waals surface area contributed by atoms with E-state index in [0.717, 1.165) is 0 Å². The monoisotopic (exact) mass is 325 g/mol. The Kier molecular flexibility index (Phi) is 4.67. The molecule has 9 nitrogen and oxygen atoms in total. The van der Waals surface area contributed by atoms with Gasteiger partial charge in [-0.05, 0) is 43.6 Å². The van der Waals surface area contributed by atoms with Gasteiger partial charge in [-0.2, -0.15) is 0 Å². The molecule has 3 N–H and O–H groups in total. The highest BCUT2D eigenvalue weighted by molar-refractivity contribution is 7.93. The number of nitrogens with one attached hydrogen (secondary N) is 2. The van der Waals surface area contributed by atoms with Crippen molar-refractivity contribution in [2.75, 3.05) is 13.1 Å². The second-order valence-electron chi connectivity index (χ2n) is 4.87. The molecule has 1 aliphatic heterocycles. The molecule has 0 bridgehead atoms. The number of hydroxylamine groups is 1. The second-order valence-corrected chi connectivity index (χ2v) is 7.13. The smallest absolute Gasteiger partial charge is 0.265 e. The normalized spacial score (nSPS) is 17.3. The Hall–Kier alpha value is -2.13. The Morgan fingerprint density at radius 2 is 1.91 bits per heavy atom. The largest absolute Gasteiger partial charge is 0.317 e. The molecule has 0 radical (unpaired) electrons. The molecule has 1 saturated heterocycles. The molecule has 0 aromatic heterocycles. The van der Waals surface area contributed by atoms with Crippen molar-refractivity contribution in [1.82, 2.24) is 10.8 Å². The lowest BCUT2D eigenvalue weighted by atomic mass is 9.96. The molecule has 0 spiro atoms. The fraction of sp³-hybridized carbons (Fsp3) is 0.417. The first-order valence-corrected chi connectivity index (χ1v) is 8.01. The summed E-state index contributed by atoms with van der Waals surface area (Å²) >= 11 is 0. The van der Waals surface area contributed by atoms with Crippen LogP contribution in [0.2, 0.25) is 0 Å². The summed E-state index contributed by atoms with van der Waals surface area (Å²) in [5, 5.41) is 15.3. The van der Waals surface area contributed by atoms with Gasteiger partial charge in [0.05, 0.1) is 4.90 Å². The SMILES string of the molecule is [N-]=[N+]=Nc1ccc(S(=O)(=O)C2(C(=O)NO)CCNCC2)cc1. The molecule has 1 aliphatic rings. The van der Waals surface area contributed by atoms with Gasteiger partial charge in [-0.3, -0.25) is 10.0 Å². The van der Waals surface area contributed by atoms with E-state index in [1.807, 2.05) is 0 Å². The molecular weight excluding hydrogens is 310 g/mol. The average Bonchev–Trinajstić information content (AvgIpc) is 2.55. The number of carbonyl (C=O) groups is 1. The van der Waals surface area contributed by atoms with Crippen LogP contribution in [0.1, 0.15) is 12.8 Å². The van der Waals surface area contributed by atoms with Gasteiger partial charge < -0.3 is 5.32 Å². The van der Waals surface area contributed by atoms with E-state index in [2.05, 4.69) is 15.3 Å². The minimum Gasteiger partial charge on any atom is -0.317 e. The molecular formula is C12H15N5O4S. The van der Waals surface area contributed by atoms with E-state index in [9.17, 15) is 13.2 Å². The third kappa shape index (κ3) is 2.64. The lowest BCUT2D eigenvalue weighted by Crippen LogP contribution is -2.57. The molecule has 0 unspecified atom stereocenters. The standard InChI is InChI=1S/C12H15N5O4S/c13-17-15-9-1-3-10(4-2-9)22(20,21)12(11(18)16-19)5-7-14-8-6-12/h1-4,14,19H,5-8H2,(H,16,18). The molecule has 1 amide bonds. The van der Waals surface area contributed by atoms with E-state index in [4.69, 9.17) is 10.7 Å². The van der Waals surface area contributed by atoms with E-state index in [-0.39, 0.29) is 23.4 Å². The van der Waals surface area contributed by atoms with Crippen molar-refractivity contribution in [3.8, 4) is 0 Å². The highest BCUT2D eigenvalue weighted by Gasteiger charge is 2.51. The number of hydrogen-bond acceptors (Lipinski definition) is 6. The Bertz CT molecular complexity index is 704. The van der Waals surface area contributed by atoms with E-state index in [0.29, 0.717) is 13.1 Å². The molecule has 118 valence electrons. The van der Waals surface area contributed by atoms with Crippen LogP contribution in [0.4, 0.5) is 5.69 Å². The van der Waals surface area contributed by atoms with Crippen LogP contribution in [0.15, 0.2) is 34.3 Å². The summed E-state index contributed by atoms with van der Waals surface area (Å²) in [6, 6.07) is 5.29. The van der Waals surface area contributed by atoms with Crippen LogP contribution in [-0.4, -0.2) is 37.4 Å². The van der Waals surface area contributed by atoms with Crippen molar-refractivity contribution in [2.24, 2.45) is 5.11 Å². The second kappa shape index (κ2) is 6.32. The Balaban J connectivity index is 2.49. The van der Waals surface area contributed by atoms with Gasteiger partial charge in [-0.1, -0.05) is 17.2 Å². The van der Waals surface area contributed by atoms with E-state index >= 15 is 0 Å². The fourth-order valence-corrected chi connectivity index (χ4v) is 4.50. The van der Waals surface area contributed by atoms with Crippen LogP contribution < -0.4 is 10.8 Å². The number of sulfone groups is 1. The maximum absolute atomic E-state index is 12.9. The van der Waals surface area contributed by atoms with Gasteiger partial charge in [0, 0.05) is 10.6 Å². The summed E-state index contributed by atoms with van der Waals surface area (Å²) in [5.41, 5.74) is 10.1. The van der Waals surface area contributed by atoms with Crippen LogP contribution in [-0.2, 0) is 14.6 Å². The summed E-state index contributed by atoms with van der Waals surface area (Å²) in [6.45, 7) is 0.701. The molecule has 2 rings (SSSR count). The predicted molar refractivity (Wildman–Crippen MR) is 77.2 cm³/mol. The van der Waals surface area contributed by atoms with E-state index in [1.54, 1.807) is 0 Å². The maximum atomic E-state index is 12.9. The summed E-state index contributed by atoms with van der Waals surface area (Å²) in [6.07, 6.45) is 0.111. The van der Waals surface area contributed by atoms with Crippen molar-refractivity contribution in [3.63, 3.8) is 0 Å².